The van der Waals surface area contributed by atoms with Gasteiger partial charge in [-0.3, -0.25) is 0 Å². The Balaban J connectivity index is 1.65. The molecule has 0 saturated heterocycles. The van der Waals surface area contributed by atoms with E-state index in [1.54, 1.807) is 5.57 Å². The van der Waals surface area contributed by atoms with Crippen molar-refractivity contribution in [3.8, 4) is 5.75 Å². The van der Waals surface area contributed by atoms with E-state index in [1.165, 1.54) is 25.7 Å². The van der Waals surface area contributed by atoms with Crippen LogP contribution in [0.1, 0.15) is 46.0 Å². The van der Waals surface area contributed by atoms with Crippen molar-refractivity contribution in [3.63, 3.8) is 0 Å². The van der Waals surface area contributed by atoms with Gasteiger partial charge in [0, 0.05) is 0 Å². The van der Waals surface area contributed by atoms with Gasteiger partial charge < -0.3 is 4.74 Å². The highest BCUT2D eigenvalue weighted by Gasteiger charge is 2.14. The lowest BCUT2D eigenvalue weighted by Gasteiger charge is -2.23. The Morgan fingerprint density at radius 1 is 1.26 bits per heavy atom. The SMILES string of the molecule is CC1CC=C(C(C)CCCOc2ccccc2)CC1. The van der Waals surface area contributed by atoms with E-state index in [9.17, 15) is 0 Å². The van der Waals surface area contributed by atoms with Crippen LogP contribution in [0.25, 0.3) is 0 Å². The molecule has 1 aromatic carbocycles. The van der Waals surface area contributed by atoms with E-state index in [2.05, 4.69) is 19.9 Å². The van der Waals surface area contributed by atoms with Crippen LogP contribution in [0.15, 0.2) is 42.0 Å². The minimum atomic E-state index is 0.729. The molecular formula is C18H26O. The molecule has 0 N–H and O–H groups in total. The lowest BCUT2D eigenvalue weighted by Crippen LogP contribution is -2.09. The summed E-state index contributed by atoms with van der Waals surface area (Å²) >= 11 is 0. The first-order valence-corrected chi connectivity index (χ1v) is 7.62. The Morgan fingerprint density at radius 3 is 2.74 bits per heavy atom. The molecule has 1 heteroatoms. The number of rotatable bonds is 6. The molecule has 19 heavy (non-hydrogen) atoms. The van der Waals surface area contributed by atoms with E-state index in [0.717, 1.165) is 30.6 Å². The summed E-state index contributed by atoms with van der Waals surface area (Å²) < 4.78 is 5.74. The van der Waals surface area contributed by atoms with Crippen LogP contribution in [0.3, 0.4) is 0 Å². The molecule has 2 unspecified atom stereocenters. The van der Waals surface area contributed by atoms with Crippen molar-refractivity contribution in [2.75, 3.05) is 6.61 Å². The maximum atomic E-state index is 5.74. The summed E-state index contributed by atoms with van der Waals surface area (Å²) in [5.74, 6) is 2.60. The third kappa shape index (κ3) is 4.74. The van der Waals surface area contributed by atoms with E-state index >= 15 is 0 Å². The molecule has 104 valence electrons. The van der Waals surface area contributed by atoms with E-state index in [0.29, 0.717) is 0 Å². The van der Waals surface area contributed by atoms with Gasteiger partial charge in [-0.25, -0.2) is 0 Å². The Bertz CT molecular complexity index is 393. The van der Waals surface area contributed by atoms with Crippen LogP contribution in [-0.4, -0.2) is 6.61 Å². The monoisotopic (exact) mass is 258 g/mol. The van der Waals surface area contributed by atoms with Gasteiger partial charge in [-0.05, 0) is 56.1 Å². The average Bonchev–Trinajstić information content (AvgIpc) is 2.45. The van der Waals surface area contributed by atoms with Crippen molar-refractivity contribution in [3.05, 3.63) is 42.0 Å². The first kappa shape index (κ1) is 14.2. The summed E-state index contributed by atoms with van der Waals surface area (Å²) in [5, 5.41) is 0. The zero-order chi connectivity index (χ0) is 13.5. The number of allylic oxidation sites excluding steroid dienone is 2. The Morgan fingerprint density at radius 2 is 2.05 bits per heavy atom. The van der Waals surface area contributed by atoms with Crippen LogP contribution in [-0.2, 0) is 0 Å². The number of para-hydroxylation sites is 1. The molecule has 2 rings (SSSR count). The molecule has 0 aromatic heterocycles. The summed E-state index contributed by atoms with van der Waals surface area (Å²) in [5.41, 5.74) is 1.68. The Kier molecular flexibility index (Phi) is 5.50. The van der Waals surface area contributed by atoms with Gasteiger partial charge in [0.15, 0.2) is 0 Å². The number of hydrogen-bond donors (Lipinski definition) is 0. The van der Waals surface area contributed by atoms with E-state index in [1.807, 2.05) is 30.3 Å². The van der Waals surface area contributed by atoms with Crippen molar-refractivity contribution in [2.24, 2.45) is 11.8 Å². The number of benzene rings is 1. The Labute approximate surface area is 117 Å². The van der Waals surface area contributed by atoms with Gasteiger partial charge in [0.2, 0.25) is 0 Å². The highest BCUT2D eigenvalue weighted by atomic mass is 16.5. The fourth-order valence-corrected chi connectivity index (χ4v) is 2.71. The zero-order valence-corrected chi connectivity index (χ0v) is 12.3. The summed E-state index contributed by atoms with van der Waals surface area (Å²) in [4.78, 5) is 0. The largest absolute Gasteiger partial charge is 0.494 e. The van der Waals surface area contributed by atoms with Crippen LogP contribution in [0, 0.1) is 11.8 Å². The molecule has 0 saturated carbocycles. The molecule has 0 bridgehead atoms. The highest BCUT2D eigenvalue weighted by Crippen LogP contribution is 2.29. The van der Waals surface area contributed by atoms with Gasteiger partial charge in [-0.1, -0.05) is 43.7 Å². The van der Waals surface area contributed by atoms with Crippen molar-refractivity contribution < 1.29 is 4.74 Å². The molecule has 0 amide bonds. The predicted molar refractivity (Wildman–Crippen MR) is 81.4 cm³/mol. The first-order valence-electron chi connectivity index (χ1n) is 7.62. The second-order valence-electron chi connectivity index (χ2n) is 5.86. The highest BCUT2D eigenvalue weighted by molar-refractivity contribution is 5.20. The summed E-state index contributed by atoms with van der Waals surface area (Å²) in [7, 11) is 0. The first-order chi connectivity index (χ1) is 9.25. The van der Waals surface area contributed by atoms with Gasteiger partial charge in [-0.15, -0.1) is 0 Å². The number of hydrogen-bond acceptors (Lipinski definition) is 1. The van der Waals surface area contributed by atoms with Gasteiger partial charge >= 0.3 is 0 Å². The molecule has 1 nitrogen and oxygen atoms in total. The minimum absolute atomic E-state index is 0.729. The van der Waals surface area contributed by atoms with Crippen LogP contribution in [0.4, 0.5) is 0 Å². The van der Waals surface area contributed by atoms with E-state index in [4.69, 9.17) is 4.74 Å². The predicted octanol–water partition coefficient (Wildman–Crippen LogP) is 5.23. The lowest BCUT2D eigenvalue weighted by molar-refractivity contribution is 0.298. The second kappa shape index (κ2) is 7.37. The van der Waals surface area contributed by atoms with Gasteiger partial charge in [0.05, 0.1) is 6.61 Å². The molecule has 2 atom stereocenters. The molecule has 0 spiro atoms. The fourth-order valence-electron chi connectivity index (χ4n) is 2.71. The lowest BCUT2D eigenvalue weighted by atomic mass is 9.84. The minimum Gasteiger partial charge on any atom is -0.494 e. The maximum absolute atomic E-state index is 5.74. The maximum Gasteiger partial charge on any atom is 0.119 e. The normalized spacial score (nSPS) is 20.7. The standard InChI is InChI=1S/C18H26O/c1-15-10-12-17(13-11-15)16(2)7-6-14-19-18-8-4-3-5-9-18/h3-5,8-9,12,15-16H,6-7,10-11,13-14H2,1-2H3. The van der Waals surface area contributed by atoms with Gasteiger partial charge in [-0.2, -0.15) is 0 Å². The molecule has 1 aliphatic carbocycles. The van der Waals surface area contributed by atoms with Crippen molar-refractivity contribution >= 4 is 0 Å². The Hall–Kier alpha value is -1.24. The molecule has 0 heterocycles. The van der Waals surface area contributed by atoms with Crippen molar-refractivity contribution in [1.29, 1.82) is 0 Å². The van der Waals surface area contributed by atoms with E-state index in [-0.39, 0.29) is 0 Å². The smallest absolute Gasteiger partial charge is 0.119 e. The molecule has 0 fully saturated rings. The van der Waals surface area contributed by atoms with Crippen LogP contribution in [0.5, 0.6) is 5.75 Å². The average molecular weight is 258 g/mol. The molecule has 1 aromatic rings. The molecule has 1 aliphatic rings. The van der Waals surface area contributed by atoms with Crippen LogP contribution >= 0.6 is 0 Å². The van der Waals surface area contributed by atoms with Crippen LogP contribution in [0.2, 0.25) is 0 Å². The van der Waals surface area contributed by atoms with Crippen molar-refractivity contribution in [1.82, 2.24) is 0 Å². The van der Waals surface area contributed by atoms with Gasteiger partial charge in [0.25, 0.3) is 0 Å². The summed E-state index contributed by atoms with van der Waals surface area (Å²) in [6.45, 7) is 5.55. The topological polar surface area (TPSA) is 9.23 Å². The summed E-state index contributed by atoms with van der Waals surface area (Å²) in [6.07, 6.45) is 8.83. The third-order valence-corrected chi connectivity index (χ3v) is 4.13. The van der Waals surface area contributed by atoms with Crippen LogP contribution < -0.4 is 4.74 Å². The number of ether oxygens (including phenoxy) is 1. The van der Waals surface area contributed by atoms with E-state index < -0.39 is 0 Å². The quantitative estimate of drug-likeness (QED) is 0.501. The zero-order valence-electron chi connectivity index (χ0n) is 12.3. The molecule has 0 aliphatic heterocycles. The summed E-state index contributed by atoms with van der Waals surface area (Å²) in [6, 6.07) is 10.1. The molecule has 0 radical (unpaired) electrons. The fraction of sp³-hybridized carbons (Fsp3) is 0.556. The van der Waals surface area contributed by atoms with Gasteiger partial charge in [0.1, 0.15) is 5.75 Å². The second-order valence-corrected chi connectivity index (χ2v) is 5.86. The molecular weight excluding hydrogens is 232 g/mol. The van der Waals surface area contributed by atoms with Crippen molar-refractivity contribution in [2.45, 2.75) is 46.0 Å². The third-order valence-electron chi connectivity index (χ3n) is 4.13.